The van der Waals surface area contributed by atoms with E-state index < -0.39 is 0 Å². The highest BCUT2D eigenvalue weighted by Gasteiger charge is 2.14. The molecule has 0 aliphatic carbocycles. The molecule has 3 nitrogen and oxygen atoms in total. The van der Waals surface area contributed by atoms with Gasteiger partial charge in [0.1, 0.15) is 12.4 Å². The van der Waals surface area contributed by atoms with Crippen molar-refractivity contribution in [3.63, 3.8) is 0 Å². The van der Waals surface area contributed by atoms with E-state index in [1.807, 2.05) is 19.1 Å². The van der Waals surface area contributed by atoms with Crippen LogP contribution in [0.5, 0.6) is 11.5 Å². The van der Waals surface area contributed by atoms with Gasteiger partial charge < -0.3 is 14.8 Å². The number of ether oxygens (including phenoxy) is 2. The molecular weight excluding hydrogens is 341 g/mol. The maximum absolute atomic E-state index is 13.8. The first-order valence-corrected chi connectivity index (χ1v) is 8.97. The first-order chi connectivity index (χ1) is 12.0. The molecule has 2 rings (SSSR count). The van der Waals surface area contributed by atoms with Gasteiger partial charge in [-0.15, -0.1) is 0 Å². The van der Waals surface area contributed by atoms with Crippen LogP contribution in [0.2, 0.25) is 5.02 Å². The number of hydrogen-bond donors (Lipinski definition) is 1. The van der Waals surface area contributed by atoms with Crippen molar-refractivity contribution in [2.75, 3.05) is 6.61 Å². The van der Waals surface area contributed by atoms with Crippen molar-refractivity contribution in [1.82, 2.24) is 5.32 Å². The molecule has 136 valence electrons. The minimum absolute atomic E-state index is 0.0942. The zero-order valence-corrected chi connectivity index (χ0v) is 15.7. The van der Waals surface area contributed by atoms with Crippen molar-refractivity contribution in [2.45, 2.75) is 46.4 Å². The average molecular weight is 366 g/mol. The molecular formula is C20H25ClFNO2. The predicted octanol–water partition coefficient (Wildman–Crippen LogP) is 5.34. The summed E-state index contributed by atoms with van der Waals surface area (Å²) in [6.45, 7) is 7.46. The summed E-state index contributed by atoms with van der Waals surface area (Å²) in [4.78, 5) is 0. The summed E-state index contributed by atoms with van der Waals surface area (Å²) in [6.07, 6.45) is 1.05. The van der Waals surface area contributed by atoms with Crippen LogP contribution in [0.4, 0.5) is 4.39 Å². The molecule has 0 aromatic heterocycles. The molecule has 0 saturated heterocycles. The minimum Gasteiger partial charge on any atom is -0.490 e. The van der Waals surface area contributed by atoms with E-state index in [0.29, 0.717) is 41.3 Å². The predicted molar refractivity (Wildman–Crippen MR) is 99.9 cm³/mol. The third kappa shape index (κ3) is 5.62. The van der Waals surface area contributed by atoms with Crippen molar-refractivity contribution in [3.05, 3.63) is 58.4 Å². The number of nitrogens with one attached hydrogen (secondary N) is 1. The lowest BCUT2D eigenvalue weighted by Crippen LogP contribution is -2.24. The molecule has 0 bridgehead atoms. The quantitative estimate of drug-likeness (QED) is 0.650. The molecule has 1 N–H and O–H groups in total. The topological polar surface area (TPSA) is 30.5 Å². The van der Waals surface area contributed by atoms with Gasteiger partial charge in [-0.05, 0) is 44.0 Å². The van der Waals surface area contributed by atoms with E-state index in [2.05, 4.69) is 19.2 Å². The molecule has 0 radical (unpaired) electrons. The van der Waals surface area contributed by atoms with Crippen molar-refractivity contribution in [3.8, 4) is 11.5 Å². The second kappa shape index (κ2) is 9.64. The first-order valence-electron chi connectivity index (χ1n) is 8.59. The normalized spacial score (nSPS) is 12.0. The average Bonchev–Trinajstić information content (AvgIpc) is 2.60. The Morgan fingerprint density at radius 1 is 1.16 bits per heavy atom. The Bertz CT molecular complexity index is 693. The Labute approximate surface area is 154 Å². The van der Waals surface area contributed by atoms with E-state index >= 15 is 0 Å². The van der Waals surface area contributed by atoms with Crippen LogP contribution in [0.15, 0.2) is 36.4 Å². The first kappa shape index (κ1) is 19.5. The smallest absolute Gasteiger partial charge is 0.180 e. The molecule has 0 heterocycles. The van der Waals surface area contributed by atoms with E-state index in [4.69, 9.17) is 21.1 Å². The van der Waals surface area contributed by atoms with E-state index in [-0.39, 0.29) is 12.4 Å². The van der Waals surface area contributed by atoms with E-state index in [1.54, 1.807) is 18.2 Å². The monoisotopic (exact) mass is 365 g/mol. The highest BCUT2D eigenvalue weighted by molar-refractivity contribution is 6.32. The highest BCUT2D eigenvalue weighted by Crippen LogP contribution is 2.37. The third-order valence-electron chi connectivity index (χ3n) is 3.97. The third-order valence-corrected chi connectivity index (χ3v) is 4.25. The molecule has 0 fully saturated rings. The number of halogens is 2. The summed E-state index contributed by atoms with van der Waals surface area (Å²) in [5, 5.41) is 3.89. The standard InChI is InChI=1S/C20H25ClFNO2/c1-4-14(3)23-12-15-10-17(21)20(19(11-15)24-5-2)25-13-16-8-6-7-9-18(16)22/h6-11,14,23H,4-5,12-13H2,1-3H3/t14-/m1/s1. The van der Waals surface area contributed by atoms with Gasteiger partial charge in [0.15, 0.2) is 11.5 Å². The van der Waals surface area contributed by atoms with Gasteiger partial charge >= 0.3 is 0 Å². The lowest BCUT2D eigenvalue weighted by atomic mass is 10.1. The molecule has 25 heavy (non-hydrogen) atoms. The van der Waals surface area contributed by atoms with Crippen LogP contribution < -0.4 is 14.8 Å². The Kier molecular flexibility index (Phi) is 7.53. The fraction of sp³-hybridized carbons (Fsp3) is 0.400. The van der Waals surface area contributed by atoms with Gasteiger partial charge in [-0.1, -0.05) is 36.7 Å². The van der Waals surface area contributed by atoms with Crippen LogP contribution in [0.25, 0.3) is 0 Å². The number of hydrogen-bond acceptors (Lipinski definition) is 3. The Morgan fingerprint density at radius 2 is 1.92 bits per heavy atom. The second-order valence-electron chi connectivity index (χ2n) is 5.91. The fourth-order valence-electron chi connectivity index (χ4n) is 2.33. The van der Waals surface area contributed by atoms with Crippen molar-refractivity contribution < 1.29 is 13.9 Å². The molecule has 0 aliphatic heterocycles. The van der Waals surface area contributed by atoms with Crippen LogP contribution in [0, 0.1) is 5.82 Å². The zero-order valence-electron chi connectivity index (χ0n) is 14.9. The van der Waals surface area contributed by atoms with Gasteiger partial charge in [0.05, 0.1) is 11.6 Å². The molecule has 0 amide bonds. The summed E-state index contributed by atoms with van der Waals surface area (Å²) < 4.78 is 25.2. The Morgan fingerprint density at radius 3 is 2.60 bits per heavy atom. The van der Waals surface area contributed by atoms with Gasteiger partial charge in [-0.2, -0.15) is 0 Å². The van der Waals surface area contributed by atoms with Crippen LogP contribution in [-0.2, 0) is 13.2 Å². The van der Waals surface area contributed by atoms with E-state index in [0.717, 1.165) is 12.0 Å². The van der Waals surface area contributed by atoms with Gasteiger partial charge in [0.25, 0.3) is 0 Å². The van der Waals surface area contributed by atoms with Crippen molar-refractivity contribution in [2.24, 2.45) is 0 Å². The van der Waals surface area contributed by atoms with Crippen LogP contribution >= 0.6 is 11.6 Å². The van der Waals surface area contributed by atoms with Gasteiger partial charge in [0.2, 0.25) is 0 Å². The van der Waals surface area contributed by atoms with Crippen molar-refractivity contribution >= 4 is 11.6 Å². The number of rotatable bonds is 9. The second-order valence-corrected chi connectivity index (χ2v) is 6.32. The van der Waals surface area contributed by atoms with Gasteiger partial charge in [0, 0.05) is 18.2 Å². The molecule has 5 heteroatoms. The summed E-state index contributed by atoms with van der Waals surface area (Å²) in [5.74, 6) is 0.720. The fourth-order valence-corrected chi connectivity index (χ4v) is 2.62. The van der Waals surface area contributed by atoms with Crippen LogP contribution in [0.3, 0.4) is 0 Å². The van der Waals surface area contributed by atoms with Crippen LogP contribution in [-0.4, -0.2) is 12.6 Å². The largest absolute Gasteiger partial charge is 0.490 e. The molecule has 0 unspecified atom stereocenters. The van der Waals surface area contributed by atoms with E-state index in [1.165, 1.54) is 6.07 Å². The maximum atomic E-state index is 13.8. The molecule has 2 aromatic carbocycles. The maximum Gasteiger partial charge on any atom is 0.180 e. The Balaban J connectivity index is 2.17. The zero-order chi connectivity index (χ0) is 18.2. The van der Waals surface area contributed by atoms with Gasteiger partial charge in [-0.25, -0.2) is 4.39 Å². The van der Waals surface area contributed by atoms with Gasteiger partial charge in [-0.3, -0.25) is 0 Å². The molecule has 0 aliphatic rings. The minimum atomic E-state index is -0.300. The molecule has 0 spiro atoms. The van der Waals surface area contributed by atoms with Crippen LogP contribution in [0.1, 0.15) is 38.3 Å². The summed E-state index contributed by atoms with van der Waals surface area (Å²) in [6, 6.07) is 10.7. The molecule has 2 aromatic rings. The van der Waals surface area contributed by atoms with E-state index in [9.17, 15) is 4.39 Å². The molecule has 0 saturated carbocycles. The lowest BCUT2D eigenvalue weighted by Gasteiger charge is -2.17. The Hall–Kier alpha value is -1.78. The lowest BCUT2D eigenvalue weighted by molar-refractivity contribution is 0.265. The van der Waals surface area contributed by atoms with Crippen molar-refractivity contribution in [1.29, 1.82) is 0 Å². The summed E-state index contributed by atoms with van der Waals surface area (Å²) >= 11 is 6.40. The SMILES string of the molecule is CCOc1cc(CN[C@H](C)CC)cc(Cl)c1OCc1ccccc1F. The summed E-state index contributed by atoms with van der Waals surface area (Å²) in [5.41, 5.74) is 1.50. The number of benzene rings is 2. The molecule has 1 atom stereocenters. The summed E-state index contributed by atoms with van der Waals surface area (Å²) in [7, 11) is 0. The highest BCUT2D eigenvalue weighted by atomic mass is 35.5.